The lowest BCUT2D eigenvalue weighted by atomic mass is 10.1. The van der Waals surface area contributed by atoms with Crippen LogP contribution in [0.3, 0.4) is 0 Å². The van der Waals surface area contributed by atoms with E-state index in [1.165, 1.54) is 6.08 Å². The first kappa shape index (κ1) is 6.41. The van der Waals surface area contributed by atoms with Crippen LogP contribution in [0, 0.1) is 5.92 Å². The van der Waals surface area contributed by atoms with Gasteiger partial charge in [-0.3, -0.25) is 4.79 Å². The molecule has 0 heterocycles. The molecule has 0 fully saturated rings. The Balaban J connectivity index is 3.56. The quantitative estimate of drug-likeness (QED) is 0.475. The van der Waals surface area contributed by atoms with Gasteiger partial charge in [0, 0.05) is 5.92 Å². The van der Waals surface area contributed by atoms with Gasteiger partial charge in [0.25, 0.3) is 0 Å². The zero-order valence-electron chi connectivity index (χ0n) is 4.69. The Labute approximate surface area is 44.0 Å². The third-order valence-corrected chi connectivity index (χ3v) is 0.678. The molecule has 1 nitrogen and oxygen atoms in total. The second kappa shape index (κ2) is 2.56. The van der Waals surface area contributed by atoms with E-state index >= 15 is 0 Å². The Kier molecular flexibility index (Phi) is 2.34. The maximum absolute atomic E-state index is 10.4. The fraction of sp³-hybridized carbons (Fsp3) is 0.333. The van der Waals surface area contributed by atoms with Crippen molar-refractivity contribution in [1.29, 1.82) is 0 Å². The largest absolute Gasteiger partial charge is 0.294 e. The molecule has 0 unspecified atom stereocenters. The fourth-order valence-electron chi connectivity index (χ4n) is 0.204. The third kappa shape index (κ3) is 2.15. The van der Waals surface area contributed by atoms with Gasteiger partial charge in [-0.25, -0.2) is 0 Å². The molecule has 0 saturated heterocycles. The van der Waals surface area contributed by atoms with Crippen LogP contribution in [-0.2, 0) is 4.79 Å². The molecule has 0 N–H and O–H groups in total. The zero-order chi connectivity index (χ0) is 5.86. The first-order chi connectivity index (χ1) is 3.18. The fourth-order valence-corrected chi connectivity index (χ4v) is 0.204. The molecule has 0 spiro atoms. The van der Waals surface area contributed by atoms with E-state index in [1.807, 2.05) is 0 Å². The number of carbonyl (C=O) groups excluding carboxylic acids is 1. The lowest BCUT2D eigenvalue weighted by Crippen LogP contribution is -1.98. The predicted molar refractivity (Wildman–Crippen MR) is 29.8 cm³/mol. The van der Waals surface area contributed by atoms with Gasteiger partial charge < -0.3 is 0 Å². The van der Waals surface area contributed by atoms with Crippen LogP contribution in [0.1, 0.15) is 13.8 Å². The molecule has 0 aromatic heterocycles. The van der Waals surface area contributed by atoms with Gasteiger partial charge in [0.05, 0.1) is 0 Å². The van der Waals surface area contributed by atoms with Crippen LogP contribution in [0.4, 0.5) is 0 Å². The number of ketones is 1. The molecule has 7 heavy (non-hydrogen) atoms. The van der Waals surface area contributed by atoms with Crippen molar-refractivity contribution in [3.63, 3.8) is 0 Å². The molecule has 0 aliphatic heterocycles. The Morgan fingerprint density at radius 2 is 2.00 bits per heavy atom. The van der Waals surface area contributed by atoms with E-state index in [-0.39, 0.29) is 5.78 Å². The van der Waals surface area contributed by atoms with Gasteiger partial charge in [0.2, 0.25) is 0 Å². The standard InChI is InChI=1S/C6H9O/c1-4-6(7)5(2)3/h4H,1H2,2-3H3. The molecule has 0 atom stereocenters. The highest BCUT2D eigenvalue weighted by Gasteiger charge is 1.99. The molecule has 0 aromatic carbocycles. The molecule has 1 heteroatoms. The molecule has 0 amide bonds. The van der Waals surface area contributed by atoms with Crippen molar-refractivity contribution in [3.05, 3.63) is 18.6 Å². The maximum atomic E-state index is 10.4. The summed E-state index contributed by atoms with van der Waals surface area (Å²) in [5.41, 5.74) is 0. The SMILES string of the molecule is C=CC(=O)[C](C)C. The van der Waals surface area contributed by atoms with Crippen molar-refractivity contribution in [2.75, 3.05) is 0 Å². The monoisotopic (exact) mass is 97.1 g/mol. The minimum Gasteiger partial charge on any atom is -0.294 e. The van der Waals surface area contributed by atoms with Crippen LogP contribution in [0.5, 0.6) is 0 Å². The van der Waals surface area contributed by atoms with E-state index in [4.69, 9.17) is 0 Å². The van der Waals surface area contributed by atoms with E-state index in [0.717, 1.165) is 5.92 Å². The first-order valence-corrected chi connectivity index (χ1v) is 2.15. The molecule has 39 valence electrons. The minimum absolute atomic E-state index is 0.0278. The van der Waals surface area contributed by atoms with Gasteiger partial charge in [-0.2, -0.15) is 0 Å². The summed E-state index contributed by atoms with van der Waals surface area (Å²) in [6.45, 7) is 6.85. The Hall–Kier alpha value is -0.590. The Morgan fingerprint density at radius 1 is 1.57 bits per heavy atom. The Morgan fingerprint density at radius 3 is 2.00 bits per heavy atom. The average Bonchev–Trinajstić information content (AvgIpc) is 1.65. The molecule has 1 radical (unpaired) electrons. The van der Waals surface area contributed by atoms with Gasteiger partial charge in [0.15, 0.2) is 5.78 Å². The highest BCUT2D eigenvalue weighted by molar-refractivity contribution is 5.99. The van der Waals surface area contributed by atoms with Gasteiger partial charge in [-0.05, 0) is 6.08 Å². The van der Waals surface area contributed by atoms with Crippen molar-refractivity contribution in [2.24, 2.45) is 0 Å². The maximum Gasteiger partial charge on any atom is 0.161 e. The van der Waals surface area contributed by atoms with Gasteiger partial charge in [0.1, 0.15) is 0 Å². The number of hydrogen-bond acceptors (Lipinski definition) is 1. The zero-order valence-corrected chi connectivity index (χ0v) is 4.69. The molecule has 0 aromatic rings. The van der Waals surface area contributed by atoms with Crippen LogP contribution >= 0.6 is 0 Å². The average molecular weight is 97.1 g/mol. The molecule has 0 aliphatic carbocycles. The van der Waals surface area contributed by atoms with Crippen LogP contribution in [-0.4, -0.2) is 5.78 Å². The second-order valence-corrected chi connectivity index (χ2v) is 1.57. The van der Waals surface area contributed by atoms with Gasteiger partial charge >= 0.3 is 0 Å². The number of hydrogen-bond donors (Lipinski definition) is 0. The molecular weight excluding hydrogens is 88.1 g/mol. The van der Waals surface area contributed by atoms with Crippen molar-refractivity contribution < 1.29 is 4.79 Å². The first-order valence-electron chi connectivity index (χ1n) is 2.15. The molecule has 0 rings (SSSR count). The highest BCUT2D eigenvalue weighted by Crippen LogP contribution is 1.95. The molecule has 0 bridgehead atoms. The summed E-state index contributed by atoms with van der Waals surface area (Å²) in [7, 11) is 0. The topological polar surface area (TPSA) is 17.1 Å². The van der Waals surface area contributed by atoms with E-state index in [0.29, 0.717) is 0 Å². The molecule has 0 saturated carbocycles. The van der Waals surface area contributed by atoms with Gasteiger partial charge in [-0.1, -0.05) is 20.4 Å². The predicted octanol–water partition coefficient (Wildman–Crippen LogP) is 1.36. The summed E-state index contributed by atoms with van der Waals surface area (Å²) in [6.07, 6.45) is 1.31. The lowest BCUT2D eigenvalue weighted by molar-refractivity contribution is -0.112. The summed E-state index contributed by atoms with van der Waals surface area (Å²) >= 11 is 0. The van der Waals surface area contributed by atoms with Crippen LogP contribution in [0.2, 0.25) is 0 Å². The summed E-state index contributed by atoms with van der Waals surface area (Å²) in [5, 5.41) is 0. The highest BCUT2D eigenvalue weighted by atomic mass is 16.1. The molecule has 0 aliphatic rings. The second-order valence-electron chi connectivity index (χ2n) is 1.57. The summed E-state index contributed by atoms with van der Waals surface area (Å²) in [4.78, 5) is 10.4. The van der Waals surface area contributed by atoms with E-state index in [9.17, 15) is 4.79 Å². The third-order valence-electron chi connectivity index (χ3n) is 0.678. The van der Waals surface area contributed by atoms with Crippen molar-refractivity contribution >= 4 is 5.78 Å². The van der Waals surface area contributed by atoms with Crippen LogP contribution in [0.25, 0.3) is 0 Å². The normalized spacial score (nSPS) is 9.00. The van der Waals surface area contributed by atoms with Crippen LogP contribution < -0.4 is 0 Å². The van der Waals surface area contributed by atoms with E-state index < -0.39 is 0 Å². The molecular formula is C6H9O. The smallest absolute Gasteiger partial charge is 0.161 e. The summed E-state index contributed by atoms with van der Waals surface area (Å²) in [5.74, 6) is 0.815. The van der Waals surface area contributed by atoms with Crippen molar-refractivity contribution in [3.8, 4) is 0 Å². The Bertz CT molecular complexity index is 82.2. The lowest BCUT2D eigenvalue weighted by Gasteiger charge is -1.91. The van der Waals surface area contributed by atoms with E-state index in [1.54, 1.807) is 13.8 Å². The van der Waals surface area contributed by atoms with Crippen molar-refractivity contribution in [2.45, 2.75) is 13.8 Å². The van der Waals surface area contributed by atoms with Crippen molar-refractivity contribution in [1.82, 2.24) is 0 Å². The van der Waals surface area contributed by atoms with Crippen LogP contribution in [0.15, 0.2) is 12.7 Å². The summed E-state index contributed by atoms with van der Waals surface area (Å²) in [6, 6.07) is 0. The summed E-state index contributed by atoms with van der Waals surface area (Å²) < 4.78 is 0. The number of rotatable bonds is 2. The number of carbonyl (C=O) groups is 1. The van der Waals surface area contributed by atoms with E-state index in [2.05, 4.69) is 6.58 Å². The number of allylic oxidation sites excluding steroid dienone is 1. The minimum atomic E-state index is 0.0278. The van der Waals surface area contributed by atoms with Gasteiger partial charge in [-0.15, -0.1) is 0 Å².